The molecule has 0 bridgehead atoms. The Bertz CT molecular complexity index is 993. The summed E-state index contributed by atoms with van der Waals surface area (Å²) in [5, 5.41) is 3.05. The van der Waals surface area contributed by atoms with E-state index in [1.165, 1.54) is 13.2 Å². The van der Waals surface area contributed by atoms with E-state index in [2.05, 4.69) is 15.3 Å². The molecule has 1 aromatic heterocycles. The van der Waals surface area contributed by atoms with Crippen molar-refractivity contribution in [2.45, 2.75) is 6.92 Å². The number of halogens is 1. The summed E-state index contributed by atoms with van der Waals surface area (Å²) in [5.41, 5.74) is 1.82. The summed E-state index contributed by atoms with van der Waals surface area (Å²) >= 11 is 6.19. The SMILES string of the molecule is CCOc1c(Cl)cc(C(=O)Nc2ccc3[nH]c(=O)[nH]c3c2)cc1OC. The number of benzene rings is 2. The van der Waals surface area contributed by atoms with Crippen LogP contribution in [0.3, 0.4) is 0 Å². The first-order valence-electron chi connectivity index (χ1n) is 7.55. The van der Waals surface area contributed by atoms with Gasteiger partial charge in [0.15, 0.2) is 11.5 Å². The lowest BCUT2D eigenvalue weighted by Crippen LogP contribution is -2.12. The van der Waals surface area contributed by atoms with Crippen LogP contribution < -0.4 is 20.5 Å². The third-order valence-electron chi connectivity index (χ3n) is 3.55. The molecule has 0 unspecified atom stereocenters. The molecule has 0 spiro atoms. The maximum absolute atomic E-state index is 12.5. The average Bonchev–Trinajstić information content (AvgIpc) is 2.95. The molecule has 0 aliphatic rings. The first-order chi connectivity index (χ1) is 12.0. The van der Waals surface area contributed by atoms with Crippen LogP contribution in [-0.4, -0.2) is 29.6 Å². The highest BCUT2D eigenvalue weighted by Crippen LogP contribution is 2.36. The van der Waals surface area contributed by atoms with Gasteiger partial charge in [0, 0.05) is 11.3 Å². The number of fused-ring (bicyclic) bond motifs is 1. The predicted molar refractivity (Wildman–Crippen MR) is 96.0 cm³/mol. The van der Waals surface area contributed by atoms with Gasteiger partial charge >= 0.3 is 5.69 Å². The molecule has 130 valence electrons. The second-order valence-electron chi connectivity index (χ2n) is 5.22. The van der Waals surface area contributed by atoms with Gasteiger partial charge in [-0.2, -0.15) is 0 Å². The molecule has 0 saturated heterocycles. The lowest BCUT2D eigenvalue weighted by Gasteiger charge is -2.13. The van der Waals surface area contributed by atoms with Gasteiger partial charge in [0.25, 0.3) is 5.91 Å². The predicted octanol–water partition coefficient (Wildman–Crippen LogP) is 3.17. The van der Waals surface area contributed by atoms with Crippen LogP contribution in [-0.2, 0) is 0 Å². The summed E-state index contributed by atoms with van der Waals surface area (Å²) in [6.45, 7) is 2.26. The molecule has 0 atom stereocenters. The summed E-state index contributed by atoms with van der Waals surface area (Å²) in [5.74, 6) is 0.417. The van der Waals surface area contributed by atoms with Gasteiger partial charge < -0.3 is 24.8 Å². The number of amides is 1. The largest absolute Gasteiger partial charge is 0.493 e. The monoisotopic (exact) mass is 361 g/mol. The van der Waals surface area contributed by atoms with Crippen molar-refractivity contribution in [1.29, 1.82) is 0 Å². The number of H-pyrrole nitrogens is 2. The highest BCUT2D eigenvalue weighted by atomic mass is 35.5. The van der Waals surface area contributed by atoms with Gasteiger partial charge in [-0.1, -0.05) is 11.6 Å². The molecule has 0 fully saturated rings. The Morgan fingerprint density at radius 1 is 1.20 bits per heavy atom. The van der Waals surface area contributed by atoms with Crippen molar-refractivity contribution in [3.8, 4) is 11.5 Å². The summed E-state index contributed by atoms with van der Waals surface area (Å²) in [6, 6.07) is 8.13. The average molecular weight is 362 g/mol. The van der Waals surface area contributed by atoms with E-state index in [0.717, 1.165) is 0 Å². The molecule has 0 aliphatic heterocycles. The molecule has 7 nitrogen and oxygen atoms in total. The molecule has 1 heterocycles. The minimum absolute atomic E-state index is 0.289. The fraction of sp³-hybridized carbons (Fsp3) is 0.176. The minimum atomic E-state index is -0.361. The summed E-state index contributed by atoms with van der Waals surface area (Å²) in [7, 11) is 1.48. The van der Waals surface area contributed by atoms with E-state index < -0.39 is 0 Å². The number of rotatable bonds is 5. The zero-order chi connectivity index (χ0) is 18.0. The molecule has 1 amide bonds. The Morgan fingerprint density at radius 2 is 1.96 bits per heavy atom. The molecule has 0 saturated carbocycles. The third-order valence-corrected chi connectivity index (χ3v) is 3.83. The van der Waals surface area contributed by atoms with Crippen molar-refractivity contribution in [2.75, 3.05) is 19.0 Å². The number of aromatic nitrogens is 2. The highest BCUT2D eigenvalue weighted by Gasteiger charge is 2.16. The molecular weight excluding hydrogens is 346 g/mol. The Kier molecular flexibility index (Phi) is 4.67. The maximum Gasteiger partial charge on any atom is 0.323 e. The van der Waals surface area contributed by atoms with Gasteiger partial charge in [-0.05, 0) is 37.3 Å². The maximum atomic E-state index is 12.5. The highest BCUT2D eigenvalue weighted by molar-refractivity contribution is 6.32. The van der Waals surface area contributed by atoms with Crippen LogP contribution in [0, 0.1) is 0 Å². The minimum Gasteiger partial charge on any atom is -0.493 e. The number of imidazole rings is 1. The molecule has 0 radical (unpaired) electrons. The number of hydrogen-bond acceptors (Lipinski definition) is 4. The normalized spacial score (nSPS) is 10.7. The van der Waals surface area contributed by atoms with E-state index in [-0.39, 0.29) is 16.6 Å². The second kappa shape index (κ2) is 6.90. The lowest BCUT2D eigenvalue weighted by atomic mass is 10.1. The Labute approximate surface area is 147 Å². The lowest BCUT2D eigenvalue weighted by molar-refractivity contribution is 0.102. The number of ether oxygens (including phenoxy) is 2. The molecule has 3 rings (SSSR count). The Hall–Kier alpha value is -2.93. The number of methoxy groups -OCH3 is 1. The summed E-state index contributed by atoms with van der Waals surface area (Å²) in [4.78, 5) is 29.1. The van der Waals surface area contributed by atoms with E-state index >= 15 is 0 Å². The number of nitrogens with one attached hydrogen (secondary N) is 3. The summed E-state index contributed by atoms with van der Waals surface area (Å²) in [6.07, 6.45) is 0. The Morgan fingerprint density at radius 3 is 2.68 bits per heavy atom. The standard InChI is InChI=1S/C17H16ClN3O4/c1-3-25-15-11(18)6-9(7-14(15)24-2)16(22)19-10-4-5-12-13(8-10)21-17(23)20-12/h4-8H,3H2,1-2H3,(H,19,22)(H2,20,21,23). The van der Waals surface area contributed by atoms with Crippen LogP contribution in [0.15, 0.2) is 35.1 Å². The van der Waals surface area contributed by atoms with Crippen molar-refractivity contribution in [3.05, 3.63) is 51.4 Å². The fourth-order valence-electron chi connectivity index (χ4n) is 2.45. The van der Waals surface area contributed by atoms with Crippen LogP contribution >= 0.6 is 11.6 Å². The number of carbonyl (C=O) groups excluding carboxylic acids is 1. The molecule has 25 heavy (non-hydrogen) atoms. The van der Waals surface area contributed by atoms with Crippen molar-refractivity contribution in [2.24, 2.45) is 0 Å². The van der Waals surface area contributed by atoms with Crippen molar-refractivity contribution >= 4 is 34.2 Å². The Balaban J connectivity index is 1.89. The van der Waals surface area contributed by atoms with E-state index in [1.807, 2.05) is 6.92 Å². The molecule has 8 heteroatoms. The first-order valence-corrected chi connectivity index (χ1v) is 7.93. The van der Waals surface area contributed by atoms with E-state index in [4.69, 9.17) is 21.1 Å². The van der Waals surface area contributed by atoms with Crippen molar-refractivity contribution in [3.63, 3.8) is 0 Å². The quantitative estimate of drug-likeness (QED) is 0.650. The number of aromatic amines is 2. The van der Waals surface area contributed by atoms with Crippen LogP contribution in [0.1, 0.15) is 17.3 Å². The zero-order valence-electron chi connectivity index (χ0n) is 13.6. The van der Waals surface area contributed by atoms with Gasteiger partial charge in [-0.25, -0.2) is 4.79 Å². The molecule has 2 aromatic carbocycles. The second-order valence-corrected chi connectivity index (χ2v) is 5.62. The van der Waals surface area contributed by atoms with Crippen LogP contribution in [0.5, 0.6) is 11.5 Å². The van der Waals surface area contributed by atoms with Gasteiger partial charge in [0.1, 0.15) is 0 Å². The summed E-state index contributed by atoms with van der Waals surface area (Å²) < 4.78 is 10.7. The van der Waals surface area contributed by atoms with Gasteiger partial charge in [-0.3, -0.25) is 4.79 Å². The first kappa shape index (κ1) is 16.9. The molecule has 3 N–H and O–H groups in total. The van der Waals surface area contributed by atoms with Gasteiger partial charge in [-0.15, -0.1) is 0 Å². The molecular formula is C17H16ClN3O4. The van der Waals surface area contributed by atoms with E-state index in [9.17, 15) is 9.59 Å². The fourth-order valence-corrected chi connectivity index (χ4v) is 2.71. The topological polar surface area (TPSA) is 96.2 Å². The third kappa shape index (κ3) is 3.46. The van der Waals surface area contributed by atoms with Crippen LogP contribution in [0.25, 0.3) is 11.0 Å². The molecule has 0 aliphatic carbocycles. The number of carbonyl (C=O) groups is 1. The zero-order valence-corrected chi connectivity index (χ0v) is 14.4. The molecule has 3 aromatic rings. The van der Waals surface area contributed by atoms with Crippen LogP contribution in [0.4, 0.5) is 5.69 Å². The van der Waals surface area contributed by atoms with Crippen LogP contribution in [0.2, 0.25) is 5.02 Å². The van der Waals surface area contributed by atoms with Crippen molar-refractivity contribution < 1.29 is 14.3 Å². The smallest absolute Gasteiger partial charge is 0.323 e. The number of hydrogen-bond donors (Lipinski definition) is 3. The van der Waals surface area contributed by atoms with E-state index in [0.29, 0.717) is 40.4 Å². The van der Waals surface area contributed by atoms with Gasteiger partial charge in [0.05, 0.1) is 29.8 Å². The van der Waals surface area contributed by atoms with Gasteiger partial charge in [0.2, 0.25) is 0 Å². The number of anilines is 1. The van der Waals surface area contributed by atoms with E-state index in [1.54, 1.807) is 24.3 Å². The van der Waals surface area contributed by atoms with Crippen molar-refractivity contribution in [1.82, 2.24) is 9.97 Å².